The van der Waals surface area contributed by atoms with E-state index in [1.54, 1.807) is 19.1 Å². The molecule has 0 aliphatic rings. The molecule has 0 saturated heterocycles. The number of hydrogen-bond acceptors (Lipinski definition) is 4. The van der Waals surface area contributed by atoms with Crippen LogP contribution in [-0.4, -0.2) is 38.3 Å². The van der Waals surface area contributed by atoms with Crippen molar-refractivity contribution in [2.45, 2.75) is 31.7 Å². The highest BCUT2D eigenvalue weighted by molar-refractivity contribution is 7.89. The Hall–Kier alpha value is -1.60. The number of nitrogens with one attached hydrogen (secondary N) is 1. The van der Waals surface area contributed by atoms with Crippen LogP contribution < -0.4 is 11.1 Å². The molecule has 0 aromatic heterocycles. The highest BCUT2D eigenvalue weighted by Crippen LogP contribution is 2.24. The molecular formula is C13H21N3O3S. The van der Waals surface area contributed by atoms with E-state index < -0.39 is 10.0 Å². The normalized spacial score (nSPS) is 11.9. The number of amides is 1. The Morgan fingerprint density at radius 2 is 2.00 bits per heavy atom. The van der Waals surface area contributed by atoms with E-state index >= 15 is 0 Å². The first-order valence-corrected chi connectivity index (χ1v) is 7.71. The van der Waals surface area contributed by atoms with Crippen molar-refractivity contribution in [1.82, 2.24) is 9.62 Å². The molecule has 0 fully saturated rings. The van der Waals surface area contributed by atoms with Crippen molar-refractivity contribution < 1.29 is 13.2 Å². The Morgan fingerprint density at radius 1 is 1.40 bits per heavy atom. The molecule has 1 amide bonds. The van der Waals surface area contributed by atoms with Gasteiger partial charge in [-0.2, -0.15) is 4.31 Å². The van der Waals surface area contributed by atoms with Gasteiger partial charge in [0.05, 0.1) is 12.2 Å². The van der Waals surface area contributed by atoms with Gasteiger partial charge in [0.2, 0.25) is 15.9 Å². The lowest BCUT2D eigenvalue weighted by Gasteiger charge is -2.20. The Kier molecular flexibility index (Phi) is 5.13. The fraction of sp³-hybridized carbons (Fsp3) is 0.462. The third-order valence-corrected chi connectivity index (χ3v) is 4.75. The smallest absolute Gasteiger partial charge is 0.245 e. The third-order valence-electron chi connectivity index (χ3n) is 2.73. The first kappa shape index (κ1) is 16.5. The van der Waals surface area contributed by atoms with E-state index in [0.717, 1.165) is 4.31 Å². The molecule has 0 bridgehead atoms. The molecule has 0 unspecified atom stereocenters. The van der Waals surface area contributed by atoms with Crippen molar-refractivity contribution in [3.05, 3.63) is 23.8 Å². The van der Waals surface area contributed by atoms with Gasteiger partial charge in [0.15, 0.2) is 0 Å². The SMILES string of the molecule is Cc1cccc(N)c1S(=O)(=O)N(C)CC(=O)NC(C)C. The van der Waals surface area contributed by atoms with Gasteiger partial charge in [0.1, 0.15) is 4.90 Å². The highest BCUT2D eigenvalue weighted by Gasteiger charge is 2.26. The van der Waals surface area contributed by atoms with Crippen LogP contribution in [0.4, 0.5) is 5.69 Å². The molecule has 7 heteroatoms. The van der Waals surface area contributed by atoms with Gasteiger partial charge in [0.25, 0.3) is 0 Å². The molecule has 0 aliphatic carbocycles. The topological polar surface area (TPSA) is 92.5 Å². The quantitative estimate of drug-likeness (QED) is 0.784. The second-order valence-electron chi connectivity index (χ2n) is 4.98. The van der Waals surface area contributed by atoms with Crippen LogP contribution in [0.5, 0.6) is 0 Å². The van der Waals surface area contributed by atoms with Crippen molar-refractivity contribution >= 4 is 21.6 Å². The molecule has 1 aromatic rings. The lowest BCUT2D eigenvalue weighted by molar-refractivity contribution is -0.121. The predicted molar refractivity (Wildman–Crippen MR) is 78.7 cm³/mol. The molecule has 0 aliphatic heterocycles. The number of anilines is 1. The van der Waals surface area contributed by atoms with Gasteiger partial charge in [0, 0.05) is 13.1 Å². The molecule has 0 radical (unpaired) electrons. The largest absolute Gasteiger partial charge is 0.398 e. The zero-order valence-corrected chi connectivity index (χ0v) is 13.0. The number of rotatable bonds is 5. The van der Waals surface area contributed by atoms with Crippen LogP contribution in [-0.2, 0) is 14.8 Å². The molecule has 3 N–H and O–H groups in total. The van der Waals surface area contributed by atoms with Gasteiger partial charge < -0.3 is 11.1 Å². The number of benzene rings is 1. The van der Waals surface area contributed by atoms with Crippen molar-refractivity contribution in [1.29, 1.82) is 0 Å². The molecule has 0 heterocycles. The fourth-order valence-electron chi connectivity index (χ4n) is 1.84. The summed E-state index contributed by atoms with van der Waals surface area (Å²) in [5, 5.41) is 2.65. The van der Waals surface area contributed by atoms with Crippen LogP contribution in [0.1, 0.15) is 19.4 Å². The summed E-state index contributed by atoms with van der Waals surface area (Å²) in [5.41, 5.74) is 6.49. The number of aryl methyl sites for hydroxylation is 1. The molecule has 1 aromatic carbocycles. The van der Waals surface area contributed by atoms with Crippen molar-refractivity contribution in [3.8, 4) is 0 Å². The summed E-state index contributed by atoms with van der Waals surface area (Å²) in [4.78, 5) is 11.7. The van der Waals surface area contributed by atoms with E-state index in [1.807, 2.05) is 13.8 Å². The second kappa shape index (κ2) is 6.23. The van der Waals surface area contributed by atoms with Crippen LogP contribution in [0, 0.1) is 6.92 Å². The summed E-state index contributed by atoms with van der Waals surface area (Å²) in [6.07, 6.45) is 0. The Labute approximate surface area is 120 Å². The predicted octanol–water partition coefficient (Wildman–Crippen LogP) is 0.722. The maximum absolute atomic E-state index is 12.5. The first-order chi connectivity index (χ1) is 9.16. The van der Waals surface area contributed by atoms with E-state index in [9.17, 15) is 13.2 Å². The summed E-state index contributed by atoms with van der Waals surface area (Å²) < 4.78 is 25.9. The highest BCUT2D eigenvalue weighted by atomic mass is 32.2. The van der Waals surface area contributed by atoms with Gasteiger partial charge in [-0.15, -0.1) is 0 Å². The molecular weight excluding hydrogens is 278 g/mol. The summed E-state index contributed by atoms with van der Waals surface area (Å²) in [6.45, 7) is 5.05. The number of nitrogens with zero attached hydrogens (tertiary/aromatic N) is 1. The van der Waals surface area contributed by atoms with Crippen LogP contribution in [0.3, 0.4) is 0 Å². The standard InChI is InChI=1S/C13H21N3O3S/c1-9(2)15-12(17)8-16(4)20(18,19)13-10(3)6-5-7-11(13)14/h5-7,9H,8,14H2,1-4H3,(H,15,17). The summed E-state index contributed by atoms with van der Waals surface area (Å²) in [5.74, 6) is -0.349. The zero-order chi connectivity index (χ0) is 15.5. The number of nitrogens with two attached hydrogens (primary N) is 1. The Bertz CT molecular complexity index is 577. The summed E-state index contributed by atoms with van der Waals surface area (Å²) >= 11 is 0. The van der Waals surface area contributed by atoms with Crippen molar-refractivity contribution in [3.63, 3.8) is 0 Å². The fourth-order valence-corrected chi connectivity index (χ4v) is 3.28. The molecule has 1 rings (SSSR count). The van der Waals surface area contributed by atoms with E-state index in [0.29, 0.717) is 5.56 Å². The molecule has 20 heavy (non-hydrogen) atoms. The maximum Gasteiger partial charge on any atom is 0.245 e. The van der Waals surface area contributed by atoms with Gasteiger partial charge in [-0.1, -0.05) is 12.1 Å². The lowest BCUT2D eigenvalue weighted by atomic mass is 10.2. The number of sulfonamides is 1. The minimum Gasteiger partial charge on any atom is -0.398 e. The number of likely N-dealkylation sites (N-methyl/N-ethyl adjacent to an activating group) is 1. The molecule has 6 nitrogen and oxygen atoms in total. The maximum atomic E-state index is 12.5. The first-order valence-electron chi connectivity index (χ1n) is 6.27. The van der Waals surface area contributed by atoms with Gasteiger partial charge in [-0.05, 0) is 32.4 Å². The van der Waals surface area contributed by atoms with Crippen LogP contribution in [0.2, 0.25) is 0 Å². The minimum atomic E-state index is -3.78. The van der Waals surface area contributed by atoms with E-state index in [-0.39, 0.29) is 29.1 Å². The second-order valence-corrected chi connectivity index (χ2v) is 6.96. The Balaban J connectivity index is 3.02. The molecule has 112 valence electrons. The summed E-state index contributed by atoms with van der Waals surface area (Å²) in [7, 11) is -2.42. The summed E-state index contributed by atoms with van der Waals surface area (Å²) in [6, 6.07) is 4.85. The lowest BCUT2D eigenvalue weighted by Crippen LogP contribution is -2.41. The number of nitrogen functional groups attached to an aromatic ring is 1. The molecule has 0 spiro atoms. The number of hydrogen-bond donors (Lipinski definition) is 2. The van der Waals surface area contributed by atoms with Gasteiger partial charge in [-0.25, -0.2) is 8.42 Å². The van der Waals surface area contributed by atoms with Crippen molar-refractivity contribution in [2.75, 3.05) is 19.3 Å². The monoisotopic (exact) mass is 299 g/mol. The number of carbonyl (C=O) groups excluding carboxylic acids is 1. The molecule has 0 atom stereocenters. The van der Waals surface area contributed by atoms with E-state index in [4.69, 9.17) is 5.73 Å². The number of carbonyl (C=O) groups is 1. The van der Waals surface area contributed by atoms with Crippen LogP contribution >= 0.6 is 0 Å². The van der Waals surface area contributed by atoms with Gasteiger partial charge >= 0.3 is 0 Å². The third kappa shape index (κ3) is 3.71. The van der Waals surface area contributed by atoms with Crippen LogP contribution in [0.25, 0.3) is 0 Å². The zero-order valence-electron chi connectivity index (χ0n) is 12.2. The van der Waals surface area contributed by atoms with Crippen molar-refractivity contribution in [2.24, 2.45) is 0 Å². The van der Waals surface area contributed by atoms with E-state index in [1.165, 1.54) is 13.1 Å². The van der Waals surface area contributed by atoms with E-state index in [2.05, 4.69) is 5.32 Å². The average Bonchev–Trinajstić information content (AvgIpc) is 2.26. The van der Waals surface area contributed by atoms with Crippen LogP contribution in [0.15, 0.2) is 23.1 Å². The average molecular weight is 299 g/mol. The minimum absolute atomic E-state index is 0.0397. The Morgan fingerprint density at radius 3 is 2.50 bits per heavy atom. The molecule has 0 saturated carbocycles. The van der Waals surface area contributed by atoms with Gasteiger partial charge in [-0.3, -0.25) is 4.79 Å².